The Balaban J connectivity index is 2.03. The van der Waals surface area contributed by atoms with Crippen molar-refractivity contribution in [1.29, 1.82) is 0 Å². The highest BCUT2D eigenvalue weighted by atomic mass is 35.5. The SMILES string of the molecule is CNC(Cc1ccc(Cl)c(F)c1)Cc1cccs1. The molecule has 0 spiro atoms. The van der Waals surface area contributed by atoms with E-state index in [4.69, 9.17) is 11.6 Å². The summed E-state index contributed by atoms with van der Waals surface area (Å²) < 4.78 is 13.4. The Morgan fingerprint density at radius 1 is 1.33 bits per heavy atom. The van der Waals surface area contributed by atoms with Gasteiger partial charge in [0.2, 0.25) is 0 Å². The van der Waals surface area contributed by atoms with Crippen LogP contribution in [-0.2, 0) is 12.8 Å². The summed E-state index contributed by atoms with van der Waals surface area (Å²) in [5.74, 6) is -0.347. The third-order valence-corrected chi connectivity index (χ3v) is 4.11. The maximum Gasteiger partial charge on any atom is 0.142 e. The second kappa shape index (κ2) is 6.32. The maximum absolute atomic E-state index is 13.4. The Morgan fingerprint density at radius 3 is 2.78 bits per heavy atom. The molecule has 1 aromatic heterocycles. The van der Waals surface area contributed by atoms with Crippen molar-refractivity contribution in [1.82, 2.24) is 5.32 Å². The Kier molecular flexibility index (Phi) is 4.75. The van der Waals surface area contributed by atoms with Crippen LogP contribution in [0.5, 0.6) is 0 Å². The molecule has 0 amide bonds. The molecule has 0 aliphatic carbocycles. The molecule has 96 valence electrons. The van der Waals surface area contributed by atoms with E-state index < -0.39 is 0 Å². The molecule has 1 nitrogen and oxygen atoms in total. The van der Waals surface area contributed by atoms with Crippen LogP contribution in [0.25, 0.3) is 0 Å². The fourth-order valence-electron chi connectivity index (χ4n) is 1.90. The van der Waals surface area contributed by atoms with Gasteiger partial charge >= 0.3 is 0 Å². The molecule has 1 atom stereocenters. The molecule has 1 unspecified atom stereocenters. The molecule has 0 aliphatic heterocycles. The molecule has 18 heavy (non-hydrogen) atoms. The van der Waals surface area contributed by atoms with Crippen LogP contribution in [0.2, 0.25) is 5.02 Å². The summed E-state index contributed by atoms with van der Waals surface area (Å²) in [6.45, 7) is 0. The molecule has 2 rings (SSSR count). The van der Waals surface area contributed by atoms with Crippen molar-refractivity contribution in [3.63, 3.8) is 0 Å². The quantitative estimate of drug-likeness (QED) is 0.877. The van der Waals surface area contributed by atoms with E-state index in [0.717, 1.165) is 18.4 Å². The van der Waals surface area contributed by atoms with Gasteiger partial charge in [0.25, 0.3) is 0 Å². The number of hydrogen-bond donors (Lipinski definition) is 1. The van der Waals surface area contributed by atoms with Crippen molar-refractivity contribution in [3.8, 4) is 0 Å². The minimum Gasteiger partial charge on any atom is -0.316 e. The van der Waals surface area contributed by atoms with Gasteiger partial charge in [-0.1, -0.05) is 23.7 Å². The summed E-state index contributed by atoms with van der Waals surface area (Å²) in [6, 6.07) is 9.49. The van der Waals surface area contributed by atoms with Crippen molar-refractivity contribution in [2.75, 3.05) is 7.05 Å². The standard InChI is InChI=1S/C14H15ClFNS/c1-17-11(9-12-3-2-6-18-12)7-10-4-5-13(15)14(16)8-10/h2-6,8,11,17H,7,9H2,1H3. The van der Waals surface area contributed by atoms with Crippen LogP contribution < -0.4 is 5.32 Å². The highest BCUT2D eigenvalue weighted by molar-refractivity contribution is 7.09. The second-order valence-electron chi connectivity index (χ2n) is 4.22. The number of rotatable bonds is 5. The first-order chi connectivity index (χ1) is 8.69. The minimum atomic E-state index is -0.347. The fraction of sp³-hybridized carbons (Fsp3) is 0.286. The molecule has 1 heterocycles. The lowest BCUT2D eigenvalue weighted by Crippen LogP contribution is -2.29. The molecule has 0 saturated carbocycles. The van der Waals surface area contributed by atoms with Gasteiger partial charge < -0.3 is 5.32 Å². The first kappa shape index (κ1) is 13.5. The molecule has 1 aromatic carbocycles. The Labute approximate surface area is 116 Å². The fourth-order valence-corrected chi connectivity index (χ4v) is 2.80. The lowest BCUT2D eigenvalue weighted by atomic mass is 10.0. The number of likely N-dealkylation sites (N-methyl/N-ethyl adjacent to an activating group) is 1. The highest BCUT2D eigenvalue weighted by Gasteiger charge is 2.10. The van der Waals surface area contributed by atoms with Crippen LogP contribution in [0.15, 0.2) is 35.7 Å². The first-order valence-electron chi connectivity index (χ1n) is 5.82. The zero-order valence-electron chi connectivity index (χ0n) is 10.1. The summed E-state index contributed by atoms with van der Waals surface area (Å²) in [6.07, 6.45) is 1.75. The largest absolute Gasteiger partial charge is 0.316 e. The normalized spacial score (nSPS) is 12.6. The van der Waals surface area contributed by atoms with Crippen molar-refractivity contribution in [2.45, 2.75) is 18.9 Å². The van der Waals surface area contributed by atoms with Crippen LogP contribution in [0.3, 0.4) is 0 Å². The molecule has 1 N–H and O–H groups in total. The molecule has 0 saturated heterocycles. The van der Waals surface area contributed by atoms with Crippen molar-refractivity contribution < 1.29 is 4.39 Å². The van der Waals surface area contributed by atoms with Gasteiger partial charge in [-0.25, -0.2) is 4.39 Å². The Bertz CT molecular complexity index is 499. The molecular weight excluding hydrogens is 269 g/mol. The zero-order chi connectivity index (χ0) is 13.0. The first-order valence-corrected chi connectivity index (χ1v) is 7.08. The number of halogens is 2. The van der Waals surface area contributed by atoms with Crippen LogP contribution in [0.4, 0.5) is 4.39 Å². The van der Waals surface area contributed by atoms with Gasteiger partial charge in [0.15, 0.2) is 0 Å². The number of nitrogens with one attached hydrogen (secondary N) is 1. The van der Waals surface area contributed by atoms with Crippen LogP contribution in [0.1, 0.15) is 10.4 Å². The van der Waals surface area contributed by atoms with E-state index >= 15 is 0 Å². The van der Waals surface area contributed by atoms with Crippen LogP contribution in [0, 0.1) is 5.82 Å². The van der Waals surface area contributed by atoms with Gasteiger partial charge in [0, 0.05) is 10.9 Å². The second-order valence-corrected chi connectivity index (χ2v) is 5.66. The summed E-state index contributed by atoms with van der Waals surface area (Å²) in [5.41, 5.74) is 0.966. The monoisotopic (exact) mass is 283 g/mol. The topological polar surface area (TPSA) is 12.0 Å². The van der Waals surface area contributed by atoms with Gasteiger partial charge in [-0.15, -0.1) is 11.3 Å². The molecule has 0 fully saturated rings. The predicted octanol–water partition coefficient (Wildman–Crippen LogP) is 3.91. The summed E-state index contributed by atoms with van der Waals surface area (Å²) in [4.78, 5) is 1.34. The van der Waals surface area contributed by atoms with E-state index in [0.29, 0.717) is 6.04 Å². The maximum atomic E-state index is 13.4. The third kappa shape index (κ3) is 3.55. The van der Waals surface area contributed by atoms with Crippen molar-refractivity contribution in [3.05, 3.63) is 57.0 Å². The molecule has 0 radical (unpaired) electrons. The number of hydrogen-bond acceptors (Lipinski definition) is 2. The van der Waals surface area contributed by atoms with Gasteiger partial charge in [0.05, 0.1) is 5.02 Å². The van der Waals surface area contributed by atoms with Gasteiger partial charge in [-0.3, -0.25) is 0 Å². The van der Waals surface area contributed by atoms with E-state index in [1.165, 1.54) is 10.9 Å². The average Bonchev–Trinajstić information content (AvgIpc) is 2.86. The highest BCUT2D eigenvalue weighted by Crippen LogP contribution is 2.18. The molecule has 0 aliphatic rings. The minimum absolute atomic E-state index is 0.179. The Hall–Kier alpha value is -0.900. The van der Waals surface area contributed by atoms with Gasteiger partial charge in [0.1, 0.15) is 5.82 Å². The molecular formula is C14H15ClFNS. The summed E-state index contributed by atoms with van der Waals surface area (Å²) in [5, 5.41) is 5.53. The van der Waals surface area contributed by atoms with E-state index in [1.807, 2.05) is 13.1 Å². The lowest BCUT2D eigenvalue weighted by Gasteiger charge is -2.15. The van der Waals surface area contributed by atoms with Crippen LogP contribution >= 0.6 is 22.9 Å². The van der Waals surface area contributed by atoms with E-state index in [2.05, 4.69) is 22.8 Å². The average molecular weight is 284 g/mol. The van der Waals surface area contributed by atoms with E-state index in [-0.39, 0.29) is 10.8 Å². The Morgan fingerprint density at radius 2 is 2.17 bits per heavy atom. The van der Waals surface area contributed by atoms with Gasteiger partial charge in [-0.2, -0.15) is 0 Å². The van der Waals surface area contributed by atoms with E-state index in [1.54, 1.807) is 17.4 Å². The lowest BCUT2D eigenvalue weighted by molar-refractivity contribution is 0.556. The smallest absolute Gasteiger partial charge is 0.142 e. The molecule has 2 aromatic rings. The van der Waals surface area contributed by atoms with Crippen LogP contribution in [-0.4, -0.2) is 13.1 Å². The van der Waals surface area contributed by atoms with Crippen molar-refractivity contribution >= 4 is 22.9 Å². The number of thiophene rings is 1. The third-order valence-electron chi connectivity index (χ3n) is 2.90. The summed E-state index contributed by atoms with van der Waals surface area (Å²) in [7, 11) is 1.94. The number of benzene rings is 1. The van der Waals surface area contributed by atoms with Gasteiger partial charge in [-0.05, 0) is 49.0 Å². The predicted molar refractivity (Wildman–Crippen MR) is 76.0 cm³/mol. The van der Waals surface area contributed by atoms with E-state index in [9.17, 15) is 4.39 Å². The summed E-state index contributed by atoms with van der Waals surface area (Å²) >= 11 is 7.42. The molecule has 4 heteroatoms. The molecule has 0 bridgehead atoms. The zero-order valence-corrected chi connectivity index (χ0v) is 11.7. The van der Waals surface area contributed by atoms with Crippen molar-refractivity contribution in [2.24, 2.45) is 0 Å².